The van der Waals surface area contributed by atoms with E-state index in [0.717, 1.165) is 37.9 Å². The largest absolute Gasteiger partial charge is 0.488 e. The average Bonchev–Trinajstić information content (AvgIpc) is 2.79. The van der Waals surface area contributed by atoms with Crippen LogP contribution in [0, 0.1) is 5.92 Å². The number of hydrogen-bond donors (Lipinski definition) is 0. The number of carbonyl (C=O) groups excluding carboxylic acids is 1. The summed E-state index contributed by atoms with van der Waals surface area (Å²) in [6.07, 6.45) is 3.20. The molecule has 0 aromatic heterocycles. The van der Waals surface area contributed by atoms with Gasteiger partial charge in [-0.1, -0.05) is 72.8 Å². The number of carbonyl (C=O) groups is 1. The topological polar surface area (TPSA) is 29.5 Å². The highest BCUT2D eigenvalue weighted by atomic mass is 16.5. The van der Waals surface area contributed by atoms with Crippen LogP contribution >= 0.6 is 0 Å². The number of benzene rings is 3. The van der Waals surface area contributed by atoms with Gasteiger partial charge in [0.1, 0.15) is 12.4 Å². The molecule has 0 radical (unpaired) electrons. The second-order valence-corrected chi connectivity index (χ2v) is 7.70. The Kier molecular flexibility index (Phi) is 6.25. The summed E-state index contributed by atoms with van der Waals surface area (Å²) < 4.78 is 5.99. The smallest absolute Gasteiger partial charge is 0.257 e. The quantitative estimate of drug-likeness (QED) is 0.572. The van der Waals surface area contributed by atoms with Crippen LogP contribution in [0.15, 0.2) is 84.9 Å². The van der Waals surface area contributed by atoms with E-state index in [9.17, 15) is 4.79 Å². The Hall–Kier alpha value is -3.07. The van der Waals surface area contributed by atoms with Crippen molar-refractivity contribution in [3.8, 4) is 5.75 Å². The molecule has 0 aliphatic carbocycles. The number of amides is 1. The van der Waals surface area contributed by atoms with Crippen LogP contribution in [0.2, 0.25) is 0 Å². The fraction of sp³-hybridized carbons (Fsp3) is 0.269. The van der Waals surface area contributed by atoms with Gasteiger partial charge in [0.15, 0.2) is 0 Å². The molecule has 3 aromatic rings. The van der Waals surface area contributed by atoms with Gasteiger partial charge in [-0.05, 0) is 48.4 Å². The third-order valence-corrected chi connectivity index (χ3v) is 5.62. The summed E-state index contributed by atoms with van der Waals surface area (Å²) in [5.74, 6) is 1.38. The summed E-state index contributed by atoms with van der Waals surface area (Å²) >= 11 is 0. The summed E-state index contributed by atoms with van der Waals surface area (Å²) in [5, 5.41) is 0. The molecule has 1 aliphatic rings. The molecule has 29 heavy (non-hydrogen) atoms. The maximum absolute atomic E-state index is 13.1. The Labute approximate surface area is 172 Å². The van der Waals surface area contributed by atoms with Crippen LogP contribution in [0.3, 0.4) is 0 Å². The van der Waals surface area contributed by atoms with E-state index < -0.39 is 0 Å². The van der Waals surface area contributed by atoms with Crippen LogP contribution in [-0.2, 0) is 13.0 Å². The van der Waals surface area contributed by atoms with Crippen molar-refractivity contribution < 1.29 is 9.53 Å². The van der Waals surface area contributed by atoms with E-state index in [4.69, 9.17) is 4.74 Å². The lowest BCUT2D eigenvalue weighted by Gasteiger charge is -2.32. The first-order chi connectivity index (χ1) is 14.3. The Morgan fingerprint density at radius 2 is 1.38 bits per heavy atom. The Bertz CT molecular complexity index is 916. The van der Waals surface area contributed by atoms with E-state index in [1.165, 1.54) is 5.56 Å². The minimum atomic E-state index is 0.0758. The van der Waals surface area contributed by atoms with Crippen molar-refractivity contribution in [3.05, 3.63) is 102 Å². The van der Waals surface area contributed by atoms with Gasteiger partial charge in [0.2, 0.25) is 0 Å². The first-order valence-corrected chi connectivity index (χ1v) is 10.4. The Balaban J connectivity index is 1.36. The molecule has 148 valence electrons. The molecule has 0 unspecified atom stereocenters. The molecule has 0 N–H and O–H groups in total. The molecule has 3 heteroatoms. The lowest BCUT2D eigenvalue weighted by Crippen LogP contribution is -2.39. The highest BCUT2D eigenvalue weighted by Gasteiger charge is 2.25. The molecule has 0 atom stereocenters. The molecule has 1 fully saturated rings. The minimum Gasteiger partial charge on any atom is -0.488 e. The highest BCUT2D eigenvalue weighted by molar-refractivity contribution is 5.97. The summed E-state index contributed by atoms with van der Waals surface area (Å²) in [4.78, 5) is 15.1. The molecule has 0 spiro atoms. The van der Waals surface area contributed by atoms with Crippen LogP contribution in [0.1, 0.15) is 34.3 Å². The van der Waals surface area contributed by atoms with Crippen LogP contribution in [0.4, 0.5) is 0 Å². The third-order valence-electron chi connectivity index (χ3n) is 5.62. The van der Waals surface area contributed by atoms with Crippen molar-refractivity contribution in [1.29, 1.82) is 0 Å². The zero-order valence-corrected chi connectivity index (χ0v) is 16.7. The molecule has 1 aliphatic heterocycles. The molecule has 0 saturated carbocycles. The number of hydrogen-bond acceptors (Lipinski definition) is 2. The summed E-state index contributed by atoms with van der Waals surface area (Å²) in [5.41, 5.74) is 3.14. The fourth-order valence-electron chi connectivity index (χ4n) is 3.96. The molecule has 4 rings (SSSR count). The Morgan fingerprint density at radius 3 is 2.07 bits per heavy atom. The molecule has 3 nitrogen and oxygen atoms in total. The van der Waals surface area contributed by atoms with Crippen molar-refractivity contribution in [2.45, 2.75) is 25.9 Å². The van der Waals surface area contributed by atoms with Crippen LogP contribution < -0.4 is 4.74 Å². The van der Waals surface area contributed by atoms with E-state index in [0.29, 0.717) is 23.8 Å². The van der Waals surface area contributed by atoms with Gasteiger partial charge in [0, 0.05) is 13.1 Å². The third kappa shape index (κ3) is 5.05. The second kappa shape index (κ2) is 9.42. The van der Waals surface area contributed by atoms with Gasteiger partial charge in [0.05, 0.1) is 5.56 Å². The van der Waals surface area contributed by atoms with Crippen molar-refractivity contribution in [3.63, 3.8) is 0 Å². The van der Waals surface area contributed by atoms with Crippen molar-refractivity contribution in [2.75, 3.05) is 13.1 Å². The van der Waals surface area contributed by atoms with E-state index in [2.05, 4.69) is 30.3 Å². The van der Waals surface area contributed by atoms with Crippen molar-refractivity contribution in [2.24, 2.45) is 5.92 Å². The number of rotatable bonds is 6. The van der Waals surface area contributed by atoms with Crippen LogP contribution in [-0.4, -0.2) is 23.9 Å². The summed E-state index contributed by atoms with van der Waals surface area (Å²) in [7, 11) is 0. The molecule has 1 saturated heterocycles. The predicted molar refractivity (Wildman–Crippen MR) is 116 cm³/mol. The van der Waals surface area contributed by atoms with Crippen LogP contribution in [0.5, 0.6) is 5.75 Å². The van der Waals surface area contributed by atoms with Gasteiger partial charge in [-0.2, -0.15) is 0 Å². The highest BCUT2D eigenvalue weighted by Crippen LogP contribution is 2.26. The van der Waals surface area contributed by atoms with Crippen LogP contribution in [0.25, 0.3) is 0 Å². The van der Waals surface area contributed by atoms with Crippen molar-refractivity contribution >= 4 is 5.91 Å². The van der Waals surface area contributed by atoms with Gasteiger partial charge in [-0.15, -0.1) is 0 Å². The van der Waals surface area contributed by atoms with Crippen molar-refractivity contribution in [1.82, 2.24) is 4.90 Å². The molecular weight excluding hydrogens is 358 g/mol. The van der Waals surface area contributed by atoms with Gasteiger partial charge in [0.25, 0.3) is 5.91 Å². The zero-order chi connectivity index (χ0) is 19.9. The molecule has 1 heterocycles. The molecule has 3 aromatic carbocycles. The normalized spacial score (nSPS) is 14.6. The summed E-state index contributed by atoms with van der Waals surface area (Å²) in [6, 6.07) is 28.3. The van der Waals surface area contributed by atoms with Gasteiger partial charge >= 0.3 is 0 Å². The SMILES string of the molecule is O=C(c1ccccc1OCc1ccccc1)N1CCC(Cc2ccccc2)CC1. The monoisotopic (exact) mass is 385 g/mol. The predicted octanol–water partition coefficient (Wildman–Crippen LogP) is 5.36. The maximum Gasteiger partial charge on any atom is 0.257 e. The first kappa shape index (κ1) is 19.3. The summed E-state index contributed by atoms with van der Waals surface area (Å²) in [6.45, 7) is 2.08. The lowest BCUT2D eigenvalue weighted by atomic mass is 9.90. The van der Waals surface area contributed by atoms with E-state index in [1.807, 2.05) is 59.5 Å². The number of nitrogens with zero attached hydrogens (tertiary/aromatic N) is 1. The lowest BCUT2D eigenvalue weighted by molar-refractivity contribution is 0.0685. The maximum atomic E-state index is 13.1. The van der Waals surface area contributed by atoms with Gasteiger partial charge in [-0.3, -0.25) is 4.79 Å². The number of ether oxygens (including phenoxy) is 1. The minimum absolute atomic E-state index is 0.0758. The molecule has 1 amide bonds. The average molecular weight is 386 g/mol. The molecular formula is C26H27NO2. The number of para-hydroxylation sites is 1. The van der Waals surface area contributed by atoms with E-state index >= 15 is 0 Å². The number of piperidine rings is 1. The van der Waals surface area contributed by atoms with E-state index in [-0.39, 0.29) is 5.91 Å². The first-order valence-electron chi connectivity index (χ1n) is 10.4. The molecule has 0 bridgehead atoms. The van der Waals surface area contributed by atoms with Gasteiger partial charge in [-0.25, -0.2) is 0 Å². The Morgan fingerprint density at radius 1 is 0.793 bits per heavy atom. The van der Waals surface area contributed by atoms with E-state index in [1.54, 1.807) is 0 Å². The standard InChI is InChI=1S/C26H27NO2/c28-26(27-17-15-22(16-18-27)19-21-9-3-1-4-10-21)24-13-7-8-14-25(24)29-20-23-11-5-2-6-12-23/h1-14,22H,15-20H2. The number of likely N-dealkylation sites (tertiary alicyclic amines) is 1. The second-order valence-electron chi connectivity index (χ2n) is 7.70. The zero-order valence-electron chi connectivity index (χ0n) is 16.7. The fourth-order valence-corrected chi connectivity index (χ4v) is 3.96. The van der Waals surface area contributed by atoms with Gasteiger partial charge < -0.3 is 9.64 Å².